The highest BCUT2D eigenvalue weighted by Crippen LogP contribution is 2.31. The molecule has 0 bridgehead atoms. The minimum atomic E-state index is -0.00873. The van der Waals surface area contributed by atoms with Crippen molar-refractivity contribution in [3.63, 3.8) is 0 Å². The van der Waals surface area contributed by atoms with Crippen LogP contribution < -0.4 is 10.8 Å². The summed E-state index contributed by atoms with van der Waals surface area (Å²) in [6, 6.07) is 11.8. The molecule has 96 valence electrons. The highest BCUT2D eigenvalue weighted by atomic mass is 17.2. The van der Waals surface area contributed by atoms with Crippen molar-refractivity contribution in [1.29, 1.82) is 0 Å². The molecular formula is C14H18N2O2. The van der Waals surface area contributed by atoms with Crippen LogP contribution in [-0.4, -0.2) is 10.8 Å². The van der Waals surface area contributed by atoms with Crippen LogP contribution in [0.1, 0.15) is 20.8 Å². The Morgan fingerprint density at radius 1 is 0.944 bits per heavy atom. The third-order valence-electron chi connectivity index (χ3n) is 2.59. The van der Waals surface area contributed by atoms with Crippen LogP contribution in [0, 0.1) is 0 Å². The van der Waals surface area contributed by atoms with E-state index in [1.165, 1.54) is 0 Å². The molecule has 4 nitrogen and oxygen atoms in total. The van der Waals surface area contributed by atoms with Crippen LogP contribution >= 0.6 is 0 Å². The number of hydrogen-bond acceptors (Lipinski definition) is 4. The molecule has 0 amide bonds. The van der Waals surface area contributed by atoms with Crippen LogP contribution in [0.4, 0.5) is 11.4 Å². The molecule has 2 rings (SSSR count). The van der Waals surface area contributed by atoms with E-state index < -0.39 is 0 Å². The van der Waals surface area contributed by atoms with Gasteiger partial charge in [0.05, 0.1) is 5.69 Å². The lowest BCUT2D eigenvalue weighted by atomic mass is 10.0. The van der Waals surface area contributed by atoms with Gasteiger partial charge in [-0.05, 0) is 32.9 Å². The van der Waals surface area contributed by atoms with Gasteiger partial charge in [-0.2, -0.15) is 0 Å². The van der Waals surface area contributed by atoms with Gasteiger partial charge in [0.15, 0.2) is 0 Å². The third kappa shape index (κ3) is 2.72. The van der Waals surface area contributed by atoms with Crippen LogP contribution in [0.25, 0.3) is 10.8 Å². The molecule has 2 aromatic carbocycles. The molecule has 2 aromatic rings. The molecule has 0 heterocycles. The van der Waals surface area contributed by atoms with Crippen molar-refractivity contribution in [3.05, 3.63) is 36.4 Å². The topological polar surface area (TPSA) is 53.5 Å². The molecule has 4 heteroatoms. The molecule has 0 unspecified atom stereocenters. The van der Waals surface area contributed by atoms with E-state index in [2.05, 4.69) is 36.6 Å². The average Bonchev–Trinajstić information content (AvgIpc) is 2.31. The minimum Gasteiger partial charge on any atom is -0.380 e. The van der Waals surface area contributed by atoms with Crippen LogP contribution in [0.15, 0.2) is 36.4 Å². The highest BCUT2D eigenvalue weighted by Gasteiger charge is 2.12. The summed E-state index contributed by atoms with van der Waals surface area (Å²) in [6.45, 7) is 6.35. The monoisotopic (exact) mass is 246 g/mol. The van der Waals surface area contributed by atoms with E-state index in [4.69, 9.17) is 5.26 Å². The lowest BCUT2D eigenvalue weighted by molar-refractivity contribution is -0.215. The molecule has 0 radical (unpaired) electrons. The van der Waals surface area contributed by atoms with Gasteiger partial charge in [0.1, 0.15) is 0 Å². The molecule has 18 heavy (non-hydrogen) atoms. The van der Waals surface area contributed by atoms with Gasteiger partial charge in [0, 0.05) is 22.0 Å². The van der Waals surface area contributed by atoms with Crippen molar-refractivity contribution in [1.82, 2.24) is 0 Å². The summed E-state index contributed by atoms with van der Waals surface area (Å²) >= 11 is 0. The third-order valence-corrected chi connectivity index (χ3v) is 2.59. The normalized spacial score (nSPS) is 11.6. The second-order valence-electron chi connectivity index (χ2n) is 5.27. The van der Waals surface area contributed by atoms with Gasteiger partial charge < -0.3 is 5.32 Å². The van der Waals surface area contributed by atoms with Crippen LogP contribution in [0.2, 0.25) is 0 Å². The minimum absolute atomic E-state index is 0.00873. The Kier molecular flexibility index (Phi) is 3.41. The second kappa shape index (κ2) is 4.84. The van der Waals surface area contributed by atoms with E-state index in [9.17, 15) is 0 Å². The number of rotatable bonds is 3. The Morgan fingerprint density at radius 3 is 2.06 bits per heavy atom. The van der Waals surface area contributed by atoms with Gasteiger partial charge in [0.2, 0.25) is 0 Å². The zero-order chi connectivity index (χ0) is 13.2. The molecule has 0 spiro atoms. The first-order valence-corrected chi connectivity index (χ1v) is 5.87. The van der Waals surface area contributed by atoms with Crippen LogP contribution in [-0.2, 0) is 4.99 Å². The zero-order valence-electron chi connectivity index (χ0n) is 10.8. The van der Waals surface area contributed by atoms with E-state index >= 15 is 0 Å². The first-order valence-electron chi connectivity index (χ1n) is 5.87. The number of anilines is 2. The lowest BCUT2D eigenvalue weighted by Crippen LogP contribution is -2.26. The molecular weight excluding hydrogens is 228 g/mol. The maximum atomic E-state index is 8.51. The van der Waals surface area contributed by atoms with Crippen molar-refractivity contribution in [2.24, 2.45) is 0 Å². The fraction of sp³-hybridized carbons (Fsp3) is 0.286. The Bertz CT molecular complexity index is 547. The molecule has 0 saturated carbocycles. The summed E-state index contributed by atoms with van der Waals surface area (Å²) in [5.74, 6) is 0. The van der Waals surface area contributed by atoms with Gasteiger partial charge in [-0.15, -0.1) is 4.99 Å². The molecule has 0 aliphatic carbocycles. The van der Waals surface area contributed by atoms with Gasteiger partial charge >= 0.3 is 0 Å². The Morgan fingerprint density at radius 2 is 1.50 bits per heavy atom. The highest BCUT2D eigenvalue weighted by molar-refractivity contribution is 6.01. The van der Waals surface area contributed by atoms with Gasteiger partial charge in [0.25, 0.3) is 0 Å². The summed E-state index contributed by atoms with van der Waals surface area (Å²) in [5, 5.41) is 14.0. The standard InChI is InChI=1S/C14H18N2O2/c1-14(2,3)15-12-8-9-13(16-18-17)11-7-5-4-6-10(11)12/h4-9,15-17H,1-3H3. The predicted octanol–water partition coefficient (Wildman–Crippen LogP) is 3.87. The van der Waals surface area contributed by atoms with E-state index in [0.29, 0.717) is 0 Å². The first kappa shape index (κ1) is 12.7. The Hall–Kier alpha value is -1.78. The smallest absolute Gasteiger partial charge is 0.0714 e. The average molecular weight is 246 g/mol. The van der Waals surface area contributed by atoms with Crippen molar-refractivity contribution in [2.75, 3.05) is 10.8 Å². The van der Waals surface area contributed by atoms with Crippen molar-refractivity contribution in [3.8, 4) is 0 Å². The fourth-order valence-electron chi connectivity index (χ4n) is 1.95. The van der Waals surface area contributed by atoms with Gasteiger partial charge in [-0.25, -0.2) is 10.7 Å². The summed E-state index contributed by atoms with van der Waals surface area (Å²) in [7, 11) is 0. The molecule has 0 aliphatic heterocycles. The molecule has 0 atom stereocenters. The maximum absolute atomic E-state index is 8.51. The number of benzene rings is 2. The van der Waals surface area contributed by atoms with Crippen molar-refractivity contribution >= 4 is 22.1 Å². The number of hydrogen-bond donors (Lipinski definition) is 3. The van der Waals surface area contributed by atoms with E-state index in [-0.39, 0.29) is 5.54 Å². The van der Waals surface area contributed by atoms with E-state index in [1.807, 2.05) is 36.4 Å². The molecule has 0 aliphatic rings. The largest absolute Gasteiger partial charge is 0.380 e. The fourth-order valence-corrected chi connectivity index (χ4v) is 1.95. The van der Waals surface area contributed by atoms with Gasteiger partial charge in [-0.1, -0.05) is 24.3 Å². The van der Waals surface area contributed by atoms with Crippen LogP contribution in [0.3, 0.4) is 0 Å². The Labute approximate surface area is 106 Å². The summed E-state index contributed by atoms with van der Waals surface area (Å²) in [4.78, 5) is 4.01. The van der Waals surface area contributed by atoms with E-state index in [1.54, 1.807) is 0 Å². The van der Waals surface area contributed by atoms with Gasteiger partial charge in [-0.3, -0.25) is 0 Å². The SMILES string of the molecule is CC(C)(C)Nc1ccc(NOO)c2ccccc12. The second-order valence-corrected chi connectivity index (χ2v) is 5.27. The Balaban J connectivity index is 2.53. The molecule has 3 N–H and O–H groups in total. The van der Waals surface area contributed by atoms with Crippen LogP contribution in [0.5, 0.6) is 0 Å². The molecule has 0 fully saturated rings. The maximum Gasteiger partial charge on any atom is 0.0714 e. The molecule has 0 saturated heterocycles. The number of fused-ring (bicyclic) bond motifs is 1. The first-order chi connectivity index (χ1) is 8.51. The molecule has 0 aromatic heterocycles. The quantitative estimate of drug-likeness (QED) is 0.568. The summed E-state index contributed by atoms with van der Waals surface area (Å²) < 4.78 is 0. The summed E-state index contributed by atoms with van der Waals surface area (Å²) in [6.07, 6.45) is 0. The van der Waals surface area contributed by atoms with E-state index in [0.717, 1.165) is 22.1 Å². The zero-order valence-corrected chi connectivity index (χ0v) is 10.8. The summed E-state index contributed by atoms with van der Waals surface area (Å²) in [5.41, 5.74) is 4.25. The lowest BCUT2D eigenvalue weighted by Gasteiger charge is -2.24. The van der Waals surface area contributed by atoms with Crippen molar-refractivity contribution in [2.45, 2.75) is 26.3 Å². The predicted molar refractivity (Wildman–Crippen MR) is 74.7 cm³/mol. The van der Waals surface area contributed by atoms with Crippen molar-refractivity contribution < 1.29 is 10.2 Å². The number of nitrogens with one attached hydrogen (secondary N) is 2.